The quantitative estimate of drug-likeness (QED) is 0.651. The van der Waals surface area contributed by atoms with E-state index in [1.807, 2.05) is 25.2 Å². The van der Waals surface area contributed by atoms with Crippen LogP contribution >= 0.6 is 0 Å². The molecule has 1 aromatic rings. The Bertz CT molecular complexity index is 338. The van der Waals surface area contributed by atoms with Crippen LogP contribution in [0.4, 0.5) is 5.69 Å². The number of rotatable bonds is 5. The van der Waals surface area contributed by atoms with Crippen LogP contribution in [-0.4, -0.2) is 7.05 Å². The highest BCUT2D eigenvalue weighted by molar-refractivity contribution is 5.50. The van der Waals surface area contributed by atoms with Gasteiger partial charge in [0.15, 0.2) is 0 Å². The van der Waals surface area contributed by atoms with Gasteiger partial charge in [0.05, 0.1) is 0 Å². The third-order valence-electron chi connectivity index (χ3n) is 2.57. The van der Waals surface area contributed by atoms with Gasteiger partial charge in [-0.15, -0.1) is 0 Å². The van der Waals surface area contributed by atoms with Crippen LogP contribution in [0.5, 0.6) is 0 Å². The van der Waals surface area contributed by atoms with E-state index in [0.29, 0.717) is 0 Å². The summed E-state index contributed by atoms with van der Waals surface area (Å²) in [5, 5.41) is 0. The van der Waals surface area contributed by atoms with Crippen LogP contribution in [-0.2, 0) is 0 Å². The molecular weight excluding hydrogens is 182 g/mol. The highest BCUT2D eigenvalue weighted by Gasteiger charge is 2.04. The lowest BCUT2D eigenvalue weighted by Gasteiger charge is -2.22. The van der Waals surface area contributed by atoms with Crippen LogP contribution in [0.15, 0.2) is 54.8 Å². The molecule has 0 N–H and O–H groups in total. The third kappa shape index (κ3) is 3.28. The second-order valence-corrected chi connectivity index (χ2v) is 3.74. The lowest BCUT2D eigenvalue weighted by molar-refractivity contribution is 0.946. The zero-order valence-electron chi connectivity index (χ0n) is 9.66. The van der Waals surface area contributed by atoms with Crippen molar-refractivity contribution in [3.63, 3.8) is 0 Å². The molecule has 0 aliphatic heterocycles. The number of hydrogen-bond acceptors (Lipinski definition) is 1. The van der Waals surface area contributed by atoms with Crippen LogP contribution in [0.1, 0.15) is 19.8 Å². The number of benzene rings is 1. The van der Waals surface area contributed by atoms with Crippen LogP contribution < -0.4 is 4.90 Å². The molecule has 1 heteroatoms. The minimum atomic E-state index is 0.877. The minimum Gasteiger partial charge on any atom is -0.348 e. The first-order chi connectivity index (χ1) is 7.15. The Labute approximate surface area is 92.7 Å². The normalized spacial score (nSPS) is 9.73. The van der Waals surface area contributed by atoms with Gasteiger partial charge in [0.1, 0.15) is 0 Å². The van der Waals surface area contributed by atoms with Crippen molar-refractivity contribution in [2.24, 2.45) is 0 Å². The number of allylic oxidation sites excluding steroid dienone is 1. The Kier molecular flexibility index (Phi) is 4.17. The van der Waals surface area contributed by atoms with Gasteiger partial charge in [-0.25, -0.2) is 0 Å². The molecule has 0 spiro atoms. The Hall–Kier alpha value is -1.50. The minimum absolute atomic E-state index is 0.877. The van der Waals surface area contributed by atoms with Gasteiger partial charge in [-0.05, 0) is 18.6 Å². The van der Waals surface area contributed by atoms with Crippen molar-refractivity contribution < 1.29 is 0 Å². The van der Waals surface area contributed by atoms with E-state index in [1.165, 1.54) is 11.3 Å². The van der Waals surface area contributed by atoms with E-state index in [9.17, 15) is 0 Å². The molecule has 0 saturated carbocycles. The largest absolute Gasteiger partial charge is 0.348 e. The average molecular weight is 201 g/mol. The Balaban J connectivity index is 2.65. The van der Waals surface area contributed by atoms with E-state index in [1.54, 1.807) is 0 Å². The van der Waals surface area contributed by atoms with Crippen LogP contribution in [0, 0.1) is 0 Å². The van der Waals surface area contributed by atoms with Gasteiger partial charge in [-0.1, -0.05) is 43.9 Å². The predicted octanol–water partition coefficient (Wildman–Crippen LogP) is 3.99. The molecule has 0 radical (unpaired) electrons. The molecular formula is C14H19N. The zero-order valence-corrected chi connectivity index (χ0v) is 9.66. The molecule has 0 aromatic heterocycles. The maximum atomic E-state index is 4.08. The Morgan fingerprint density at radius 1 is 1.20 bits per heavy atom. The predicted molar refractivity (Wildman–Crippen MR) is 68.0 cm³/mol. The van der Waals surface area contributed by atoms with Crippen molar-refractivity contribution in [2.45, 2.75) is 19.8 Å². The molecule has 80 valence electrons. The Morgan fingerprint density at radius 2 is 1.80 bits per heavy atom. The molecule has 0 amide bonds. The highest BCUT2D eigenvalue weighted by Crippen LogP contribution is 2.20. The summed E-state index contributed by atoms with van der Waals surface area (Å²) in [4.78, 5) is 2.11. The fourth-order valence-corrected chi connectivity index (χ4v) is 1.37. The van der Waals surface area contributed by atoms with Gasteiger partial charge in [-0.2, -0.15) is 0 Å². The number of anilines is 1. The lowest BCUT2D eigenvalue weighted by atomic mass is 10.1. The molecule has 0 fully saturated rings. The van der Waals surface area contributed by atoms with Crippen molar-refractivity contribution in [1.82, 2.24) is 0 Å². The van der Waals surface area contributed by atoms with Crippen molar-refractivity contribution >= 4 is 5.69 Å². The highest BCUT2D eigenvalue weighted by atomic mass is 15.1. The number of para-hydroxylation sites is 1. The smallest absolute Gasteiger partial charge is 0.0405 e. The first kappa shape index (κ1) is 11.6. The van der Waals surface area contributed by atoms with E-state index >= 15 is 0 Å². The summed E-state index contributed by atoms with van der Waals surface area (Å²) in [7, 11) is 2.04. The zero-order chi connectivity index (χ0) is 11.3. The SMILES string of the molecule is C=C(CC)CC(=C)N(C)c1ccccc1. The van der Waals surface area contributed by atoms with Gasteiger partial charge >= 0.3 is 0 Å². The molecule has 1 nitrogen and oxygen atoms in total. The third-order valence-corrected chi connectivity index (χ3v) is 2.57. The second-order valence-electron chi connectivity index (χ2n) is 3.74. The van der Waals surface area contributed by atoms with Crippen molar-refractivity contribution in [3.05, 3.63) is 54.8 Å². The summed E-state index contributed by atoms with van der Waals surface area (Å²) in [6.07, 6.45) is 1.89. The summed E-state index contributed by atoms with van der Waals surface area (Å²) >= 11 is 0. The van der Waals surface area contributed by atoms with Gasteiger partial charge < -0.3 is 4.90 Å². The van der Waals surface area contributed by atoms with E-state index in [0.717, 1.165) is 18.5 Å². The molecule has 0 aliphatic rings. The molecule has 0 unspecified atom stereocenters. The van der Waals surface area contributed by atoms with E-state index in [2.05, 4.69) is 37.1 Å². The van der Waals surface area contributed by atoms with Gasteiger partial charge in [0, 0.05) is 24.9 Å². The van der Waals surface area contributed by atoms with Crippen LogP contribution in [0.3, 0.4) is 0 Å². The first-order valence-electron chi connectivity index (χ1n) is 5.28. The summed E-state index contributed by atoms with van der Waals surface area (Å²) in [5.41, 5.74) is 3.49. The monoisotopic (exact) mass is 201 g/mol. The van der Waals surface area contributed by atoms with Gasteiger partial charge in [0.2, 0.25) is 0 Å². The maximum absolute atomic E-state index is 4.08. The van der Waals surface area contributed by atoms with Crippen molar-refractivity contribution in [3.8, 4) is 0 Å². The van der Waals surface area contributed by atoms with Crippen LogP contribution in [0.2, 0.25) is 0 Å². The topological polar surface area (TPSA) is 3.24 Å². The molecule has 0 saturated heterocycles. The molecule has 0 bridgehead atoms. The maximum Gasteiger partial charge on any atom is 0.0405 e. The lowest BCUT2D eigenvalue weighted by Crippen LogP contribution is -2.15. The number of hydrogen-bond donors (Lipinski definition) is 0. The van der Waals surface area contributed by atoms with E-state index in [4.69, 9.17) is 0 Å². The van der Waals surface area contributed by atoms with E-state index in [-0.39, 0.29) is 0 Å². The summed E-state index contributed by atoms with van der Waals surface area (Å²) < 4.78 is 0. The van der Waals surface area contributed by atoms with Gasteiger partial charge in [-0.3, -0.25) is 0 Å². The average Bonchev–Trinajstić information content (AvgIpc) is 2.29. The fraction of sp³-hybridized carbons (Fsp3) is 0.286. The first-order valence-corrected chi connectivity index (χ1v) is 5.28. The molecule has 15 heavy (non-hydrogen) atoms. The molecule has 0 heterocycles. The molecule has 1 rings (SSSR count). The molecule has 0 aliphatic carbocycles. The summed E-state index contributed by atoms with van der Waals surface area (Å²) in [5.74, 6) is 0. The Morgan fingerprint density at radius 3 is 2.33 bits per heavy atom. The molecule has 1 aromatic carbocycles. The fourth-order valence-electron chi connectivity index (χ4n) is 1.37. The van der Waals surface area contributed by atoms with E-state index < -0.39 is 0 Å². The second kappa shape index (κ2) is 5.40. The van der Waals surface area contributed by atoms with Crippen molar-refractivity contribution in [2.75, 3.05) is 11.9 Å². The standard InChI is InChI=1S/C14H19N/c1-5-12(2)11-13(3)15(4)14-9-7-6-8-10-14/h6-10H,2-3,5,11H2,1,4H3. The van der Waals surface area contributed by atoms with Crippen LogP contribution in [0.25, 0.3) is 0 Å². The van der Waals surface area contributed by atoms with Crippen molar-refractivity contribution in [1.29, 1.82) is 0 Å². The summed E-state index contributed by atoms with van der Waals surface area (Å²) in [6, 6.07) is 10.3. The molecule has 0 atom stereocenters. The van der Waals surface area contributed by atoms with Gasteiger partial charge in [0.25, 0.3) is 0 Å². The number of nitrogens with zero attached hydrogens (tertiary/aromatic N) is 1. The summed E-state index contributed by atoms with van der Waals surface area (Å²) in [6.45, 7) is 10.2.